The molecule has 2 aliphatic rings. The smallest absolute Gasteiger partial charge is 0.252 e. The van der Waals surface area contributed by atoms with Gasteiger partial charge >= 0.3 is 0 Å². The second-order valence-electron chi connectivity index (χ2n) is 7.93. The van der Waals surface area contributed by atoms with Gasteiger partial charge in [0.25, 0.3) is 10.0 Å². The van der Waals surface area contributed by atoms with E-state index in [9.17, 15) is 13.2 Å². The van der Waals surface area contributed by atoms with E-state index in [0.29, 0.717) is 35.8 Å². The summed E-state index contributed by atoms with van der Waals surface area (Å²) in [5.74, 6) is -0.0357. The molecule has 0 bridgehead atoms. The molecule has 0 radical (unpaired) electrons. The average molecular weight is 435 g/mol. The van der Waals surface area contributed by atoms with Crippen LogP contribution in [0, 0.1) is 12.3 Å². The standard InChI is InChI=1S/C20H26N4O3S2/c1-15-6-13-28-18(15)29(26,27)24-10-5-17-20(8-12-24,7-11-23(17)2)19(25)22-16-4-3-9-21-14-16/h3-4,6,9,13-14,17H,5,7-8,10-12H2,1-2H3,(H,22,25)/t17-,20-/m1/s1. The Bertz CT molecular complexity index is 992. The zero-order chi connectivity index (χ0) is 20.6. The summed E-state index contributed by atoms with van der Waals surface area (Å²) >= 11 is 1.26. The normalized spacial score (nSPS) is 26.1. The van der Waals surface area contributed by atoms with E-state index in [1.54, 1.807) is 22.8 Å². The van der Waals surface area contributed by atoms with E-state index in [2.05, 4.69) is 15.2 Å². The third-order valence-corrected chi connectivity index (χ3v) is 9.86. The van der Waals surface area contributed by atoms with Gasteiger partial charge in [0.2, 0.25) is 5.91 Å². The van der Waals surface area contributed by atoms with Crippen molar-refractivity contribution in [3.05, 3.63) is 41.5 Å². The number of aromatic nitrogens is 1. The summed E-state index contributed by atoms with van der Waals surface area (Å²) in [7, 11) is -1.52. The van der Waals surface area contributed by atoms with Gasteiger partial charge in [-0.2, -0.15) is 4.31 Å². The molecule has 0 unspecified atom stereocenters. The Labute approximate surface area is 175 Å². The molecular formula is C20H26N4O3S2. The molecule has 2 saturated heterocycles. The quantitative estimate of drug-likeness (QED) is 0.800. The van der Waals surface area contributed by atoms with E-state index in [-0.39, 0.29) is 11.9 Å². The highest BCUT2D eigenvalue weighted by atomic mass is 32.2. The van der Waals surface area contributed by atoms with Crippen molar-refractivity contribution in [1.82, 2.24) is 14.2 Å². The number of carbonyl (C=O) groups is 1. The zero-order valence-electron chi connectivity index (χ0n) is 16.7. The number of aryl methyl sites for hydroxylation is 1. The molecule has 2 atom stereocenters. The van der Waals surface area contributed by atoms with Crippen molar-refractivity contribution < 1.29 is 13.2 Å². The van der Waals surface area contributed by atoms with Gasteiger partial charge in [-0.15, -0.1) is 11.3 Å². The number of anilines is 1. The Balaban J connectivity index is 1.60. The fraction of sp³-hybridized carbons (Fsp3) is 0.500. The van der Waals surface area contributed by atoms with E-state index >= 15 is 0 Å². The topological polar surface area (TPSA) is 82.6 Å². The summed E-state index contributed by atoms with van der Waals surface area (Å²) in [6.45, 7) is 3.44. The van der Waals surface area contributed by atoms with E-state index < -0.39 is 15.4 Å². The fourth-order valence-electron chi connectivity index (χ4n) is 4.66. The molecule has 2 aliphatic heterocycles. The summed E-state index contributed by atoms with van der Waals surface area (Å²) in [4.78, 5) is 19.6. The minimum Gasteiger partial charge on any atom is -0.324 e. The number of fused-ring (bicyclic) bond motifs is 1. The first-order chi connectivity index (χ1) is 13.8. The molecular weight excluding hydrogens is 408 g/mol. The van der Waals surface area contributed by atoms with Crippen LogP contribution in [0.3, 0.4) is 0 Å². The first-order valence-electron chi connectivity index (χ1n) is 9.80. The predicted octanol–water partition coefficient (Wildman–Crippen LogP) is 2.57. The molecule has 0 spiro atoms. The van der Waals surface area contributed by atoms with Gasteiger partial charge in [-0.05, 0) is 68.9 Å². The van der Waals surface area contributed by atoms with E-state index in [4.69, 9.17) is 0 Å². The highest BCUT2D eigenvalue weighted by Crippen LogP contribution is 2.44. The summed E-state index contributed by atoms with van der Waals surface area (Å²) in [5, 5.41) is 4.83. The van der Waals surface area contributed by atoms with Crippen LogP contribution in [-0.4, -0.2) is 61.2 Å². The maximum absolute atomic E-state index is 13.4. The maximum atomic E-state index is 13.4. The van der Waals surface area contributed by atoms with Crippen LogP contribution in [0.25, 0.3) is 0 Å². The summed E-state index contributed by atoms with van der Waals surface area (Å²) < 4.78 is 28.4. The van der Waals surface area contributed by atoms with Gasteiger partial charge in [-0.3, -0.25) is 9.78 Å². The monoisotopic (exact) mass is 434 g/mol. The minimum atomic E-state index is -3.54. The van der Waals surface area contributed by atoms with Crippen LogP contribution in [0.4, 0.5) is 5.69 Å². The first-order valence-corrected chi connectivity index (χ1v) is 12.1. The van der Waals surface area contributed by atoms with Gasteiger partial charge in [0.15, 0.2) is 0 Å². The molecule has 9 heteroatoms. The Hall–Kier alpha value is -1.81. The SMILES string of the molecule is Cc1ccsc1S(=O)(=O)N1CC[C@H]2N(C)CC[C@@]2(C(=O)Nc2cccnc2)CC1. The van der Waals surface area contributed by atoms with Crippen molar-refractivity contribution in [2.75, 3.05) is 32.0 Å². The largest absolute Gasteiger partial charge is 0.324 e. The van der Waals surface area contributed by atoms with Crippen molar-refractivity contribution in [3.63, 3.8) is 0 Å². The number of likely N-dealkylation sites (tertiary alicyclic amines) is 1. The van der Waals surface area contributed by atoms with Gasteiger partial charge in [0.05, 0.1) is 17.3 Å². The van der Waals surface area contributed by atoms with Crippen LogP contribution in [-0.2, 0) is 14.8 Å². The van der Waals surface area contributed by atoms with Crippen LogP contribution < -0.4 is 5.32 Å². The van der Waals surface area contributed by atoms with Crippen molar-refractivity contribution in [2.24, 2.45) is 5.41 Å². The molecule has 0 aromatic carbocycles. The van der Waals surface area contributed by atoms with Crippen LogP contribution in [0.15, 0.2) is 40.2 Å². The molecule has 4 rings (SSSR count). The lowest BCUT2D eigenvalue weighted by molar-refractivity contribution is -0.127. The number of hydrogen-bond acceptors (Lipinski definition) is 6. The molecule has 0 aliphatic carbocycles. The third kappa shape index (κ3) is 3.61. The van der Waals surface area contributed by atoms with Crippen LogP contribution in [0.5, 0.6) is 0 Å². The lowest BCUT2D eigenvalue weighted by Gasteiger charge is -2.34. The molecule has 4 heterocycles. The number of rotatable bonds is 4. The highest BCUT2D eigenvalue weighted by Gasteiger charge is 2.53. The number of nitrogens with one attached hydrogen (secondary N) is 1. The average Bonchev–Trinajstić information content (AvgIpc) is 3.20. The molecule has 7 nitrogen and oxygen atoms in total. The Morgan fingerprint density at radius 2 is 2.07 bits per heavy atom. The van der Waals surface area contributed by atoms with Crippen LogP contribution in [0.2, 0.25) is 0 Å². The second kappa shape index (κ2) is 7.79. The minimum absolute atomic E-state index is 0.0174. The van der Waals surface area contributed by atoms with E-state index in [1.807, 2.05) is 31.5 Å². The van der Waals surface area contributed by atoms with Gasteiger partial charge in [-0.1, -0.05) is 0 Å². The number of sulfonamides is 1. The molecule has 29 heavy (non-hydrogen) atoms. The van der Waals surface area contributed by atoms with E-state index in [1.165, 1.54) is 11.3 Å². The molecule has 2 aromatic rings. The zero-order valence-corrected chi connectivity index (χ0v) is 18.3. The Morgan fingerprint density at radius 1 is 1.28 bits per heavy atom. The molecule has 1 amide bonds. The number of amides is 1. The second-order valence-corrected chi connectivity index (χ2v) is 11.0. The number of thiophene rings is 1. The van der Waals surface area contributed by atoms with Crippen molar-refractivity contribution in [2.45, 2.75) is 36.4 Å². The molecule has 156 valence electrons. The summed E-state index contributed by atoms with van der Waals surface area (Å²) in [5.41, 5.74) is 0.850. The van der Waals surface area contributed by atoms with Crippen molar-refractivity contribution in [3.8, 4) is 0 Å². The maximum Gasteiger partial charge on any atom is 0.252 e. The lowest BCUT2D eigenvalue weighted by Crippen LogP contribution is -2.46. The van der Waals surface area contributed by atoms with Crippen LogP contribution >= 0.6 is 11.3 Å². The summed E-state index contributed by atoms with van der Waals surface area (Å²) in [6.07, 6.45) is 5.18. The van der Waals surface area contributed by atoms with Gasteiger partial charge < -0.3 is 10.2 Å². The van der Waals surface area contributed by atoms with Crippen molar-refractivity contribution >= 4 is 33.0 Å². The number of nitrogens with zero attached hydrogens (tertiary/aromatic N) is 3. The predicted molar refractivity (Wildman–Crippen MR) is 113 cm³/mol. The third-order valence-electron chi connectivity index (χ3n) is 6.30. The van der Waals surface area contributed by atoms with Crippen molar-refractivity contribution in [1.29, 1.82) is 0 Å². The van der Waals surface area contributed by atoms with Gasteiger partial charge in [-0.25, -0.2) is 8.42 Å². The molecule has 1 N–H and O–H groups in total. The first kappa shape index (κ1) is 20.5. The van der Waals surface area contributed by atoms with E-state index in [0.717, 1.165) is 18.5 Å². The van der Waals surface area contributed by atoms with Crippen LogP contribution in [0.1, 0.15) is 24.8 Å². The number of pyridine rings is 1. The summed E-state index contributed by atoms with van der Waals surface area (Å²) in [6, 6.07) is 5.46. The molecule has 2 aromatic heterocycles. The number of hydrogen-bond donors (Lipinski definition) is 1. The molecule has 2 fully saturated rings. The van der Waals surface area contributed by atoms with Gasteiger partial charge in [0, 0.05) is 25.3 Å². The Kier molecular flexibility index (Phi) is 5.50. The molecule has 0 saturated carbocycles. The number of carbonyl (C=O) groups excluding carboxylic acids is 1. The highest BCUT2D eigenvalue weighted by molar-refractivity contribution is 7.91. The van der Waals surface area contributed by atoms with Gasteiger partial charge in [0.1, 0.15) is 4.21 Å². The Morgan fingerprint density at radius 3 is 2.76 bits per heavy atom. The lowest BCUT2D eigenvalue weighted by atomic mass is 9.75. The fourth-order valence-corrected chi connectivity index (χ4v) is 7.67.